The number of benzene rings is 4. The van der Waals surface area contributed by atoms with Crippen molar-refractivity contribution in [1.29, 1.82) is 0 Å². The van der Waals surface area contributed by atoms with Crippen molar-refractivity contribution in [3.05, 3.63) is 108 Å². The topological polar surface area (TPSA) is 135 Å². The number of amides is 2. The number of carbonyl (C=O) groups is 1. The number of ether oxygens (including phenoxy) is 1. The number of anilines is 4. The van der Waals surface area contributed by atoms with Crippen molar-refractivity contribution >= 4 is 60.9 Å². The number of fused-ring (bicyclic) bond motifs is 2. The molecule has 0 radical (unpaired) electrons. The summed E-state index contributed by atoms with van der Waals surface area (Å²) in [5.74, 6) is 1.95. The number of hydrogen-bond donors (Lipinski definition) is 4. The molecule has 0 unspecified atom stereocenters. The molecule has 0 saturated heterocycles. The largest absolute Gasteiger partial charge is 0.438 e. The monoisotopic (exact) mass is 657 g/mol. The summed E-state index contributed by atoms with van der Waals surface area (Å²) in [6, 6.07) is 26.7. The van der Waals surface area contributed by atoms with Crippen LogP contribution in [0.5, 0.6) is 11.6 Å². The van der Waals surface area contributed by atoms with Gasteiger partial charge in [-0.25, -0.2) is 24.5 Å². The second kappa shape index (κ2) is 12.4. The fraction of sp³-hybridized carbons (Fsp3) is 0.139. The van der Waals surface area contributed by atoms with E-state index in [-0.39, 0.29) is 6.03 Å². The van der Waals surface area contributed by atoms with Gasteiger partial charge in [-0.05, 0) is 74.6 Å². The first kappa shape index (κ1) is 30.8. The first-order chi connectivity index (χ1) is 23.1. The Bertz CT molecular complexity index is 2290. The molecule has 0 fully saturated rings. The van der Waals surface area contributed by atoms with Gasteiger partial charge in [0.1, 0.15) is 16.6 Å². The Morgan fingerprint density at radius 1 is 0.896 bits per heavy atom. The van der Waals surface area contributed by atoms with Crippen LogP contribution in [0.15, 0.2) is 102 Å². The van der Waals surface area contributed by atoms with E-state index in [9.17, 15) is 4.79 Å². The number of aromatic amines is 1. The third-order valence-electron chi connectivity index (χ3n) is 7.81. The number of rotatable bonds is 8. The molecule has 0 bridgehead atoms. The van der Waals surface area contributed by atoms with Gasteiger partial charge in [0.15, 0.2) is 0 Å². The average Bonchev–Trinajstić information content (AvgIpc) is 3.71. The van der Waals surface area contributed by atoms with Gasteiger partial charge in [-0.15, -0.1) is 0 Å². The maximum Gasteiger partial charge on any atom is 0.324 e. The van der Waals surface area contributed by atoms with E-state index in [2.05, 4.69) is 54.9 Å². The normalized spacial score (nSPS) is 11.9. The zero-order chi connectivity index (χ0) is 33.4. The summed E-state index contributed by atoms with van der Waals surface area (Å²) in [6.07, 6.45) is 9.96. The SMILES string of the molecule is Cc1ccc(-n2nc(S(C)(C)C)cc2NC(=O)Nc2ccc(Oc3ccnc(Nc4cc(C)c5[nH]ncc5c4)n3)c3ccccc23)cc1. The van der Waals surface area contributed by atoms with E-state index in [0.717, 1.165) is 49.2 Å². The van der Waals surface area contributed by atoms with Crippen molar-refractivity contribution in [3.8, 4) is 17.3 Å². The van der Waals surface area contributed by atoms with E-state index in [1.807, 2.05) is 92.7 Å². The smallest absolute Gasteiger partial charge is 0.324 e. The zero-order valence-corrected chi connectivity index (χ0v) is 28.0. The highest BCUT2D eigenvalue weighted by Crippen LogP contribution is 2.45. The van der Waals surface area contributed by atoms with Crippen LogP contribution in [0.4, 0.5) is 27.9 Å². The molecule has 0 atom stereocenters. The van der Waals surface area contributed by atoms with Crippen LogP contribution in [0.2, 0.25) is 0 Å². The van der Waals surface area contributed by atoms with Gasteiger partial charge in [0.05, 0.1) is 23.1 Å². The van der Waals surface area contributed by atoms with Crippen LogP contribution in [0.1, 0.15) is 11.1 Å². The standard InChI is InChI=1S/C36H35N9O2S/c1-22-10-12-26(13-11-22)45-31(20-33(44-45)48(3,4)5)41-36(46)40-29-14-15-30(28-9-7-6-8-27(28)29)47-32-16-17-37-35(42-32)39-25-18-23(2)34-24(19-25)21-38-43-34/h6-21H,1-5H3,(H,38,43)(H,37,39,42)(H2,40,41,46). The molecule has 0 aliphatic rings. The number of aromatic nitrogens is 6. The molecule has 12 heteroatoms. The van der Waals surface area contributed by atoms with Crippen molar-refractivity contribution < 1.29 is 9.53 Å². The molecule has 3 heterocycles. The van der Waals surface area contributed by atoms with Crippen molar-refractivity contribution in [3.63, 3.8) is 0 Å². The summed E-state index contributed by atoms with van der Waals surface area (Å²) in [6.45, 7) is 4.06. The number of nitrogens with one attached hydrogen (secondary N) is 4. The first-order valence-corrected chi connectivity index (χ1v) is 18.1. The van der Waals surface area contributed by atoms with Gasteiger partial charge in [0, 0.05) is 40.2 Å². The van der Waals surface area contributed by atoms with Gasteiger partial charge >= 0.3 is 6.03 Å². The predicted octanol–water partition coefficient (Wildman–Crippen LogP) is 8.54. The minimum Gasteiger partial charge on any atom is -0.438 e. The highest BCUT2D eigenvalue weighted by atomic mass is 32.3. The molecule has 2 amide bonds. The molecule has 7 rings (SSSR count). The summed E-state index contributed by atoms with van der Waals surface area (Å²) in [5, 5.41) is 24.9. The summed E-state index contributed by atoms with van der Waals surface area (Å²) < 4.78 is 8.05. The van der Waals surface area contributed by atoms with Crippen molar-refractivity contribution in [2.24, 2.45) is 0 Å². The van der Waals surface area contributed by atoms with Crippen LogP contribution < -0.4 is 20.7 Å². The molecular formula is C36H35N9O2S. The molecule has 3 aromatic heterocycles. The van der Waals surface area contributed by atoms with Crippen molar-refractivity contribution in [2.75, 3.05) is 34.7 Å². The van der Waals surface area contributed by atoms with Gasteiger partial charge in [0.2, 0.25) is 11.8 Å². The Morgan fingerprint density at radius 2 is 1.69 bits per heavy atom. The van der Waals surface area contributed by atoms with Crippen LogP contribution in [-0.2, 0) is 0 Å². The molecular weight excluding hydrogens is 623 g/mol. The van der Waals surface area contributed by atoms with Crippen LogP contribution in [0.25, 0.3) is 27.4 Å². The van der Waals surface area contributed by atoms with Gasteiger partial charge in [-0.3, -0.25) is 10.4 Å². The summed E-state index contributed by atoms with van der Waals surface area (Å²) in [7, 11) is -1.14. The lowest BCUT2D eigenvalue weighted by molar-refractivity contribution is 0.262. The maximum atomic E-state index is 13.4. The Kier molecular flexibility index (Phi) is 7.93. The lowest BCUT2D eigenvalue weighted by Gasteiger charge is -2.21. The van der Waals surface area contributed by atoms with Gasteiger partial charge < -0.3 is 15.4 Å². The summed E-state index contributed by atoms with van der Waals surface area (Å²) in [5.41, 5.74) is 5.54. The van der Waals surface area contributed by atoms with Crippen molar-refractivity contribution in [2.45, 2.75) is 18.9 Å². The van der Waals surface area contributed by atoms with Gasteiger partial charge in [-0.2, -0.15) is 15.2 Å². The molecule has 0 aliphatic heterocycles. The van der Waals surface area contributed by atoms with E-state index >= 15 is 0 Å². The maximum absolute atomic E-state index is 13.4. The number of H-pyrrole nitrogens is 1. The minimum atomic E-state index is -1.14. The fourth-order valence-electron chi connectivity index (χ4n) is 5.38. The van der Waals surface area contributed by atoms with Gasteiger partial charge in [-0.1, -0.05) is 42.0 Å². The molecule has 0 aliphatic carbocycles. The average molecular weight is 658 g/mol. The second-order valence-corrected chi connectivity index (χ2v) is 16.4. The number of hydrogen-bond acceptors (Lipinski definition) is 7. The van der Waals surface area contributed by atoms with E-state index in [1.54, 1.807) is 23.1 Å². The second-order valence-electron chi connectivity index (χ2n) is 12.3. The van der Waals surface area contributed by atoms with Crippen LogP contribution in [0.3, 0.4) is 0 Å². The molecule has 0 saturated carbocycles. The lowest BCUT2D eigenvalue weighted by Crippen LogP contribution is -2.21. The molecule has 4 aromatic carbocycles. The number of nitrogens with zero attached hydrogens (tertiary/aromatic N) is 5. The lowest BCUT2D eigenvalue weighted by atomic mass is 10.1. The molecule has 242 valence electrons. The van der Waals surface area contributed by atoms with Gasteiger partial charge in [0.25, 0.3) is 0 Å². The third-order valence-corrected chi connectivity index (χ3v) is 9.27. The fourth-order valence-corrected chi connectivity index (χ4v) is 6.17. The quantitative estimate of drug-likeness (QED) is 0.129. The van der Waals surface area contributed by atoms with Crippen molar-refractivity contribution in [1.82, 2.24) is 29.9 Å². The van der Waals surface area contributed by atoms with Crippen LogP contribution >= 0.6 is 10.0 Å². The van der Waals surface area contributed by atoms with Crippen LogP contribution in [0, 0.1) is 13.8 Å². The van der Waals surface area contributed by atoms with E-state index in [4.69, 9.17) is 9.84 Å². The number of urea groups is 1. The Morgan fingerprint density at radius 3 is 2.48 bits per heavy atom. The predicted molar refractivity (Wildman–Crippen MR) is 195 cm³/mol. The molecule has 11 nitrogen and oxygen atoms in total. The Balaban J connectivity index is 1.11. The molecule has 0 spiro atoms. The Hall–Kier alpha value is -5.88. The number of carbonyl (C=O) groups excluding carboxylic acids is 1. The molecule has 4 N–H and O–H groups in total. The molecule has 48 heavy (non-hydrogen) atoms. The molecule has 7 aromatic rings. The summed E-state index contributed by atoms with van der Waals surface area (Å²) in [4.78, 5) is 22.4. The first-order valence-electron chi connectivity index (χ1n) is 15.3. The van der Waals surface area contributed by atoms with E-state index in [1.165, 1.54) is 0 Å². The summed E-state index contributed by atoms with van der Waals surface area (Å²) >= 11 is 0. The van der Waals surface area contributed by atoms with E-state index in [0.29, 0.717) is 29.1 Å². The van der Waals surface area contributed by atoms with Crippen LogP contribution in [-0.4, -0.2) is 54.7 Å². The third kappa shape index (κ3) is 6.38. The Labute approximate surface area is 279 Å². The minimum absolute atomic E-state index is 0.373. The number of aryl methyl sites for hydroxylation is 2. The zero-order valence-electron chi connectivity index (χ0n) is 27.2. The highest BCUT2D eigenvalue weighted by Gasteiger charge is 2.19. The van der Waals surface area contributed by atoms with E-state index < -0.39 is 10.0 Å². The highest BCUT2D eigenvalue weighted by molar-refractivity contribution is 8.32.